The van der Waals surface area contributed by atoms with Gasteiger partial charge in [-0.05, 0) is 45.4 Å². The van der Waals surface area contributed by atoms with E-state index in [1.807, 2.05) is 0 Å². The zero-order valence-electron chi connectivity index (χ0n) is 15.6. The van der Waals surface area contributed by atoms with Crippen molar-refractivity contribution in [3.63, 3.8) is 0 Å². The summed E-state index contributed by atoms with van der Waals surface area (Å²) in [4.78, 5) is 59.5. The Morgan fingerprint density at radius 2 is 1.19 bits per heavy atom. The smallest absolute Gasteiger partial charge is 0.309 e. The summed E-state index contributed by atoms with van der Waals surface area (Å²) in [6.45, 7) is 1.37. The number of Topliss-reactive ketones (excluding diaryl/α,β-unsaturated/α-hetero) is 2. The molecule has 27 heavy (non-hydrogen) atoms. The lowest BCUT2D eigenvalue weighted by Gasteiger charge is -2.36. The number of hydrogen-bond donors (Lipinski definition) is 2. The van der Waals surface area contributed by atoms with Crippen LogP contribution in [0.1, 0.15) is 45.4 Å². The molecular formula is C19H26O8. The van der Waals surface area contributed by atoms with Crippen molar-refractivity contribution in [1.82, 2.24) is 0 Å². The third-order valence-electron chi connectivity index (χ3n) is 6.17. The maximum Gasteiger partial charge on any atom is 0.309 e. The number of ether oxygens (including phenoxy) is 1. The van der Waals surface area contributed by atoms with Crippen molar-refractivity contribution in [2.24, 2.45) is 35.5 Å². The molecule has 0 aromatic rings. The van der Waals surface area contributed by atoms with Crippen molar-refractivity contribution in [2.75, 3.05) is 7.11 Å². The van der Waals surface area contributed by atoms with Gasteiger partial charge in [0.25, 0.3) is 0 Å². The van der Waals surface area contributed by atoms with E-state index in [0.29, 0.717) is 19.3 Å². The van der Waals surface area contributed by atoms with E-state index in [-0.39, 0.29) is 30.8 Å². The highest BCUT2D eigenvalue weighted by atomic mass is 16.5. The van der Waals surface area contributed by atoms with Crippen molar-refractivity contribution in [3.8, 4) is 0 Å². The van der Waals surface area contributed by atoms with Gasteiger partial charge in [0, 0.05) is 17.8 Å². The van der Waals surface area contributed by atoms with Crippen LogP contribution in [0, 0.1) is 35.5 Å². The fourth-order valence-electron chi connectivity index (χ4n) is 4.66. The van der Waals surface area contributed by atoms with Crippen LogP contribution in [0.5, 0.6) is 0 Å². The topological polar surface area (TPSA) is 135 Å². The zero-order chi connectivity index (χ0) is 20.3. The lowest BCUT2D eigenvalue weighted by Crippen LogP contribution is -2.42. The van der Waals surface area contributed by atoms with Crippen molar-refractivity contribution in [2.45, 2.75) is 45.4 Å². The molecule has 6 unspecified atom stereocenters. The molecule has 2 aliphatic carbocycles. The molecule has 0 heterocycles. The summed E-state index contributed by atoms with van der Waals surface area (Å²) in [6.07, 6.45) is 1.58. The molecule has 0 aromatic carbocycles. The maximum atomic E-state index is 12.9. The molecule has 0 saturated heterocycles. The Balaban J connectivity index is 2.09. The van der Waals surface area contributed by atoms with Crippen LogP contribution in [-0.2, 0) is 28.7 Å². The Bertz CT molecular complexity index is 640. The number of ketones is 2. The van der Waals surface area contributed by atoms with Gasteiger partial charge in [-0.3, -0.25) is 24.0 Å². The summed E-state index contributed by atoms with van der Waals surface area (Å²) >= 11 is 0. The number of methoxy groups -OCH3 is 1. The fourth-order valence-corrected chi connectivity index (χ4v) is 4.66. The van der Waals surface area contributed by atoms with Gasteiger partial charge in [-0.1, -0.05) is 0 Å². The number of carbonyl (C=O) groups excluding carboxylic acids is 3. The van der Waals surface area contributed by atoms with Gasteiger partial charge in [0.2, 0.25) is 0 Å². The molecule has 0 aliphatic heterocycles. The normalized spacial score (nSPS) is 33.7. The average Bonchev–Trinajstić information content (AvgIpc) is 2.65. The summed E-state index contributed by atoms with van der Waals surface area (Å²) in [5.74, 6) is -7.33. The first-order chi connectivity index (χ1) is 12.7. The highest BCUT2D eigenvalue weighted by molar-refractivity contribution is 5.89. The van der Waals surface area contributed by atoms with E-state index in [0.717, 1.165) is 0 Å². The Hall–Kier alpha value is -2.25. The monoisotopic (exact) mass is 382 g/mol. The Morgan fingerprint density at radius 1 is 0.741 bits per heavy atom. The number of aliphatic carboxylic acids is 2. The third-order valence-corrected chi connectivity index (χ3v) is 6.17. The third kappa shape index (κ3) is 4.54. The minimum Gasteiger partial charge on any atom is -0.481 e. The van der Waals surface area contributed by atoms with Gasteiger partial charge in [0.15, 0.2) is 0 Å². The van der Waals surface area contributed by atoms with Gasteiger partial charge in [0.05, 0.1) is 24.9 Å². The van der Waals surface area contributed by atoms with E-state index >= 15 is 0 Å². The van der Waals surface area contributed by atoms with Gasteiger partial charge in [-0.2, -0.15) is 0 Å². The summed E-state index contributed by atoms with van der Waals surface area (Å²) in [5, 5.41) is 18.9. The van der Waals surface area contributed by atoms with Gasteiger partial charge < -0.3 is 14.9 Å². The van der Waals surface area contributed by atoms with Crippen LogP contribution in [-0.4, -0.2) is 46.8 Å². The van der Waals surface area contributed by atoms with E-state index < -0.39 is 53.4 Å². The first-order valence-corrected chi connectivity index (χ1v) is 9.24. The van der Waals surface area contributed by atoms with Crippen molar-refractivity contribution in [1.29, 1.82) is 0 Å². The lowest BCUT2D eigenvalue weighted by atomic mass is 9.66. The summed E-state index contributed by atoms with van der Waals surface area (Å²) in [6, 6.07) is 0. The minimum atomic E-state index is -1.13. The molecule has 0 bridgehead atoms. The summed E-state index contributed by atoms with van der Waals surface area (Å²) < 4.78 is 4.67. The van der Waals surface area contributed by atoms with E-state index in [1.165, 1.54) is 14.0 Å². The molecule has 0 spiro atoms. The van der Waals surface area contributed by atoms with Crippen molar-refractivity contribution in [3.05, 3.63) is 0 Å². The second-order valence-corrected chi connectivity index (χ2v) is 7.66. The Labute approximate surface area is 157 Å². The molecule has 2 fully saturated rings. The number of rotatable bonds is 6. The van der Waals surface area contributed by atoms with Crippen LogP contribution in [0.4, 0.5) is 0 Å². The Kier molecular flexibility index (Phi) is 6.73. The molecule has 0 amide bonds. The lowest BCUT2D eigenvalue weighted by molar-refractivity contribution is -0.160. The standard InChI is InChI=1S/C19H26O8/c1-9(20)12-5-3-10(7-14(12)17(22)23)16(21)11-4-6-13(19(26)27-2)15(8-11)18(24)25/h10-15H,3-8H2,1-2H3,(H,22,23)(H,24,25). The van der Waals surface area contributed by atoms with E-state index in [1.54, 1.807) is 0 Å². The average molecular weight is 382 g/mol. The molecule has 2 aliphatic rings. The number of carboxylic acids is 2. The van der Waals surface area contributed by atoms with Crippen LogP contribution >= 0.6 is 0 Å². The van der Waals surface area contributed by atoms with E-state index in [9.17, 15) is 34.2 Å². The molecule has 150 valence electrons. The van der Waals surface area contributed by atoms with Crippen LogP contribution in [0.3, 0.4) is 0 Å². The minimum absolute atomic E-state index is 0.0539. The SMILES string of the molecule is COC(=O)C1CCC(C(=O)C2CCC(C(C)=O)C(C(=O)O)C2)CC1C(=O)O. The highest BCUT2D eigenvalue weighted by Crippen LogP contribution is 2.41. The van der Waals surface area contributed by atoms with Gasteiger partial charge in [-0.15, -0.1) is 0 Å². The largest absolute Gasteiger partial charge is 0.481 e. The molecule has 2 saturated carbocycles. The molecule has 6 atom stereocenters. The molecule has 2 rings (SSSR count). The molecular weight excluding hydrogens is 356 g/mol. The van der Waals surface area contributed by atoms with Crippen LogP contribution < -0.4 is 0 Å². The van der Waals surface area contributed by atoms with Crippen LogP contribution in [0.25, 0.3) is 0 Å². The van der Waals surface area contributed by atoms with E-state index in [4.69, 9.17) is 0 Å². The second-order valence-electron chi connectivity index (χ2n) is 7.66. The van der Waals surface area contributed by atoms with E-state index in [2.05, 4.69) is 4.74 Å². The summed E-state index contributed by atoms with van der Waals surface area (Å²) in [5.41, 5.74) is 0. The summed E-state index contributed by atoms with van der Waals surface area (Å²) in [7, 11) is 1.21. The first kappa shape index (κ1) is 21.1. The molecule has 2 N–H and O–H groups in total. The Morgan fingerprint density at radius 3 is 1.59 bits per heavy atom. The quantitative estimate of drug-likeness (QED) is 0.661. The molecule has 0 radical (unpaired) electrons. The number of esters is 1. The van der Waals surface area contributed by atoms with Gasteiger partial charge >= 0.3 is 17.9 Å². The predicted molar refractivity (Wildman–Crippen MR) is 91.6 cm³/mol. The van der Waals surface area contributed by atoms with Gasteiger partial charge in [-0.25, -0.2) is 0 Å². The first-order valence-electron chi connectivity index (χ1n) is 9.24. The van der Waals surface area contributed by atoms with Crippen LogP contribution in [0.15, 0.2) is 0 Å². The molecule has 0 aromatic heterocycles. The van der Waals surface area contributed by atoms with Crippen molar-refractivity contribution >= 4 is 29.5 Å². The van der Waals surface area contributed by atoms with Crippen molar-refractivity contribution < 1.29 is 38.9 Å². The number of hydrogen-bond acceptors (Lipinski definition) is 6. The zero-order valence-corrected chi connectivity index (χ0v) is 15.6. The van der Waals surface area contributed by atoms with Gasteiger partial charge in [0.1, 0.15) is 11.6 Å². The fraction of sp³-hybridized carbons (Fsp3) is 0.737. The molecule has 8 nitrogen and oxygen atoms in total. The number of carboxylic acid groups (broad SMARTS) is 2. The van der Waals surface area contributed by atoms with Crippen LogP contribution in [0.2, 0.25) is 0 Å². The second kappa shape index (κ2) is 8.63. The number of carbonyl (C=O) groups is 5. The maximum absolute atomic E-state index is 12.9. The predicted octanol–water partition coefficient (Wildman–Crippen LogP) is 1.55. The molecule has 8 heteroatoms. The highest BCUT2D eigenvalue weighted by Gasteiger charge is 2.45.